The summed E-state index contributed by atoms with van der Waals surface area (Å²) in [7, 11) is -2.19. The molecule has 9 nitrogen and oxygen atoms in total. The maximum Gasteiger partial charge on any atom is 0.414 e. The minimum Gasteiger partial charge on any atom is -0.444 e. The van der Waals surface area contributed by atoms with E-state index in [9.17, 15) is 18.0 Å². The van der Waals surface area contributed by atoms with Gasteiger partial charge >= 0.3 is 6.09 Å². The summed E-state index contributed by atoms with van der Waals surface area (Å²) in [6.07, 6.45) is 1.24. The highest BCUT2D eigenvalue weighted by Gasteiger charge is 2.48. The third-order valence-corrected chi connectivity index (χ3v) is 8.12. The van der Waals surface area contributed by atoms with Crippen molar-refractivity contribution in [2.75, 3.05) is 31.4 Å². The van der Waals surface area contributed by atoms with Crippen molar-refractivity contribution in [3.63, 3.8) is 0 Å². The van der Waals surface area contributed by atoms with Crippen LogP contribution in [-0.4, -0.2) is 63.0 Å². The highest BCUT2D eigenvalue weighted by molar-refractivity contribution is 7.92. The van der Waals surface area contributed by atoms with Crippen molar-refractivity contribution in [1.29, 1.82) is 0 Å². The highest BCUT2D eigenvalue weighted by atomic mass is 32.2. The standard InChI is InChI=1S/C22H28N2O7S/c1-22(20(25)23-27,32(3,28)29)12-19-13-24(21(26)31-19)18-8-6-15(7-9-18)4-5-16-10-17(11-16)14-30-2/h6-9,16-17,19,27H,10-14H2,1-3H3,(H,23,25)/t16?,17?,19-,22+/m0/s1. The smallest absolute Gasteiger partial charge is 0.414 e. The summed E-state index contributed by atoms with van der Waals surface area (Å²) >= 11 is 0. The Labute approximate surface area is 187 Å². The Hall–Kier alpha value is -2.61. The van der Waals surface area contributed by atoms with Gasteiger partial charge in [0.15, 0.2) is 14.6 Å². The summed E-state index contributed by atoms with van der Waals surface area (Å²) in [6, 6.07) is 7.12. The fourth-order valence-electron chi connectivity index (χ4n) is 3.94. The third kappa shape index (κ3) is 5.06. The average molecular weight is 465 g/mol. The Kier molecular flexibility index (Phi) is 7.12. The summed E-state index contributed by atoms with van der Waals surface area (Å²) in [5.41, 5.74) is 2.81. The van der Waals surface area contributed by atoms with Crippen LogP contribution in [0.5, 0.6) is 0 Å². The number of carbonyl (C=O) groups excluding carboxylic acids is 2. The number of cyclic esters (lactones) is 1. The molecule has 2 fully saturated rings. The van der Waals surface area contributed by atoms with Gasteiger partial charge in [-0.1, -0.05) is 11.8 Å². The number of hydrogen-bond acceptors (Lipinski definition) is 7. The number of amides is 2. The monoisotopic (exact) mass is 464 g/mol. The Bertz CT molecular complexity index is 1020. The van der Waals surface area contributed by atoms with E-state index in [1.165, 1.54) is 17.3 Å². The molecule has 1 aliphatic heterocycles. The van der Waals surface area contributed by atoms with Gasteiger partial charge in [-0.15, -0.1) is 0 Å². The van der Waals surface area contributed by atoms with Crippen LogP contribution in [0, 0.1) is 23.7 Å². The fourth-order valence-corrected chi connectivity index (χ4v) is 4.81. The van der Waals surface area contributed by atoms with E-state index in [2.05, 4.69) is 11.8 Å². The first kappa shape index (κ1) is 24.0. The van der Waals surface area contributed by atoms with Gasteiger partial charge in [-0.3, -0.25) is 14.9 Å². The zero-order valence-corrected chi connectivity index (χ0v) is 19.1. The normalized spacial score (nSPS) is 24.6. The molecule has 1 aromatic rings. The topological polar surface area (TPSA) is 122 Å². The van der Waals surface area contributed by atoms with Crippen molar-refractivity contribution < 1.29 is 32.7 Å². The van der Waals surface area contributed by atoms with Crippen LogP contribution in [0.15, 0.2) is 24.3 Å². The predicted molar refractivity (Wildman–Crippen MR) is 117 cm³/mol. The van der Waals surface area contributed by atoms with Crippen molar-refractivity contribution >= 4 is 27.5 Å². The number of hydroxylamine groups is 1. The van der Waals surface area contributed by atoms with Crippen LogP contribution in [-0.2, 0) is 24.1 Å². The van der Waals surface area contributed by atoms with Gasteiger partial charge < -0.3 is 9.47 Å². The van der Waals surface area contributed by atoms with E-state index >= 15 is 0 Å². The van der Waals surface area contributed by atoms with Gasteiger partial charge in [-0.2, -0.15) is 0 Å². The summed E-state index contributed by atoms with van der Waals surface area (Å²) < 4.78 is 32.8. The second-order valence-electron chi connectivity index (χ2n) is 8.57. The maximum absolute atomic E-state index is 12.4. The number of ether oxygens (including phenoxy) is 2. The van der Waals surface area contributed by atoms with Crippen molar-refractivity contribution in [3.05, 3.63) is 29.8 Å². The number of carbonyl (C=O) groups is 2. The number of nitrogens with one attached hydrogen (secondary N) is 1. The van der Waals surface area contributed by atoms with Gasteiger partial charge in [0.05, 0.1) is 6.54 Å². The molecule has 0 spiro atoms. The van der Waals surface area contributed by atoms with Crippen LogP contribution in [0.2, 0.25) is 0 Å². The van der Waals surface area contributed by atoms with Crippen molar-refractivity contribution in [3.8, 4) is 11.8 Å². The number of methoxy groups -OCH3 is 1. The number of sulfone groups is 1. The first-order chi connectivity index (χ1) is 15.1. The lowest BCUT2D eigenvalue weighted by Crippen LogP contribution is -2.51. The quantitative estimate of drug-likeness (QED) is 0.358. The van der Waals surface area contributed by atoms with Crippen LogP contribution >= 0.6 is 0 Å². The zero-order valence-electron chi connectivity index (χ0n) is 18.3. The second-order valence-corrected chi connectivity index (χ2v) is 11.0. The number of rotatable bonds is 7. The van der Waals surface area contributed by atoms with Crippen molar-refractivity contribution in [2.45, 2.75) is 37.0 Å². The van der Waals surface area contributed by atoms with E-state index in [-0.39, 0.29) is 13.0 Å². The largest absolute Gasteiger partial charge is 0.444 e. The summed E-state index contributed by atoms with van der Waals surface area (Å²) in [5, 5.41) is 8.95. The van der Waals surface area contributed by atoms with Crippen molar-refractivity contribution in [2.24, 2.45) is 11.8 Å². The zero-order chi connectivity index (χ0) is 23.5. The SMILES string of the molecule is COCC1CC(C#Cc2ccc(N3C[C@H](C[C@](C)(C(=O)NO)S(C)(=O)=O)OC3=O)cc2)C1. The molecule has 2 amide bonds. The van der Waals surface area contributed by atoms with Crippen LogP contribution < -0.4 is 10.4 Å². The highest BCUT2D eigenvalue weighted by Crippen LogP contribution is 2.33. The van der Waals surface area contributed by atoms with E-state index in [1.807, 2.05) is 12.1 Å². The second kappa shape index (κ2) is 9.48. The van der Waals surface area contributed by atoms with Gasteiger partial charge in [0.1, 0.15) is 6.10 Å². The molecule has 0 aromatic heterocycles. The van der Waals surface area contributed by atoms with Crippen LogP contribution in [0.4, 0.5) is 10.5 Å². The molecule has 0 unspecified atom stereocenters. The maximum atomic E-state index is 12.4. The number of benzene rings is 1. The molecule has 2 atom stereocenters. The molecule has 1 heterocycles. The summed E-state index contributed by atoms with van der Waals surface area (Å²) in [5.74, 6) is 6.31. The minimum atomic E-state index is -3.89. The molecule has 1 aromatic carbocycles. The minimum absolute atomic E-state index is 0.0800. The van der Waals surface area contributed by atoms with Gasteiger partial charge in [0.25, 0.3) is 5.91 Å². The predicted octanol–water partition coefficient (Wildman–Crippen LogP) is 1.73. The van der Waals surface area contributed by atoms with Gasteiger partial charge in [0.2, 0.25) is 0 Å². The fraction of sp³-hybridized carbons (Fsp3) is 0.545. The van der Waals surface area contributed by atoms with E-state index in [0.29, 0.717) is 17.5 Å². The number of anilines is 1. The van der Waals surface area contributed by atoms with Crippen LogP contribution in [0.1, 0.15) is 31.7 Å². The van der Waals surface area contributed by atoms with Crippen LogP contribution in [0.3, 0.4) is 0 Å². The van der Waals surface area contributed by atoms with Gasteiger partial charge in [-0.05, 0) is 49.9 Å². The molecule has 1 aliphatic carbocycles. The molecule has 1 saturated carbocycles. The number of nitrogens with zero attached hydrogens (tertiary/aromatic N) is 1. The lowest BCUT2D eigenvalue weighted by Gasteiger charge is -2.30. The number of hydrogen-bond donors (Lipinski definition) is 2. The Balaban J connectivity index is 1.63. The van der Waals surface area contributed by atoms with E-state index < -0.39 is 32.7 Å². The molecule has 3 rings (SSSR count). The lowest BCUT2D eigenvalue weighted by atomic mass is 9.76. The van der Waals surface area contributed by atoms with Crippen molar-refractivity contribution in [1.82, 2.24) is 5.48 Å². The van der Waals surface area contributed by atoms with Gasteiger partial charge in [0, 0.05) is 43.6 Å². The first-order valence-electron chi connectivity index (χ1n) is 10.3. The van der Waals surface area contributed by atoms with Gasteiger partial charge in [-0.25, -0.2) is 18.7 Å². The molecule has 0 radical (unpaired) electrons. The summed E-state index contributed by atoms with van der Waals surface area (Å²) in [6.45, 7) is 2.04. The Morgan fingerprint density at radius 3 is 2.56 bits per heavy atom. The molecule has 174 valence electrons. The lowest BCUT2D eigenvalue weighted by molar-refractivity contribution is -0.132. The van der Waals surface area contributed by atoms with E-state index in [0.717, 1.165) is 31.3 Å². The van der Waals surface area contributed by atoms with Crippen LogP contribution in [0.25, 0.3) is 0 Å². The molecule has 2 N–H and O–H groups in total. The molecule has 2 aliphatic rings. The molecule has 1 saturated heterocycles. The molecule has 0 bridgehead atoms. The molecular formula is C22H28N2O7S. The Morgan fingerprint density at radius 1 is 1.34 bits per heavy atom. The molecule has 32 heavy (non-hydrogen) atoms. The average Bonchev–Trinajstić information content (AvgIpc) is 3.08. The molecule has 10 heteroatoms. The Morgan fingerprint density at radius 2 is 2.00 bits per heavy atom. The molecular weight excluding hydrogens is 436 g/mol. The third-order valence-electron chi connectivity index (χ3n) is 6.13. The summed E-state index contributed by atoms with van der Waals surface area (Å²) in [4.78, 5) is 25.7. The van der Waals surface area contributed by atoms with E-state index in [1.54, 1.807) is 19.2 Å². The van der Waals surface area contributed by atoms with E-state index in [4.69, 9.17) is 14.7 Å². The first-order valence-corrected chi connectivity index (χ1v) is 12.2.